The summed E-state index contributed by atoms with van der Waals surface area (Å²) in [6.07, 6.45) is 1.29. The lowest BCUT2D eigenvalue weighted by Gasteiger charge is -2.06. The fourth-order valence-corrected chi connectivity index (χ4v) is 3.70. The summed E-state index contributed by atoms with van der Waals surface area (Å²) in [6.45, 7) is 3.78. The third kappa shape index (κ3) is 2.51. The Morgan fingerprint density at radius 2 is 2.12 bits per heavy atom. The number of thiophene rings is 1. The largest absolute Gasteiger partial charge is 0.350 e. The molecule has 0 spiro atoms. The number of aromatic amines is 1. The van der Waals surface area contributed by atoms with Crippen LogP contribution in [0.1, 0.15) is 20.9 Å². The van der Waals surface area contributed by atoms with Crippen LogP contribution in [0.25, 0.3) is 21.1 Å². The first kappa shape index (κ1) is 15.5. The maximum Gasteiger partial charge on any atom is 0.286 e. The number of nitrogens with one attached hydrogen (secondary N) is 2. The van der Waals surface area contributed by atoms with Crippen molar-refractivity contribution < 1.29 is 9.18 Å². The van der Waals surface area contributed by atoms with E-state index in [9.17, 15) is 14.0 Å². The van der Waals surface area contributed by atoms with Crippen molar-refractivity contribution in [3.8, 4) is 0 Å². The number of hydrogen-bond donors (Lipinski definition) is 2. The molecule has 0 aliphatic rings. The first-order chi connectivity index (χ1) is 11.9. The Labute approximate surface area is 144 Å². The van der Waals surface area contributed by atoms with Gasteiger partial charge in [-0.25, -0.2) is 14.1 Å². The molecule has 0 radical (unpaired) electrons. The number of aromatic nitrogens is 3. The molecule has 4 aromatic rings. The fraction of sp³-hybridized carbons (Fsp3) is 0.118. The van der Waals surface area contributed by atoms with Crippen molar-refractivity contribution in [2.24, 2.45) is 0 Å². The van der Waals surface area contributed by atoms with Crippen molar-refractivity contribution in [2.75, 3.05) is 5.43 Å². The van der Waals surface area contributed by atoms with Gasteiger partial charge in [-0.05, 0) is 43.7 Å². The van der Waals surface area contributed by atoms with E-state index in [1.807, 2.05) is 13.8 Å². The Morgan fingerprint density at radius 3 is 2.92 bits per heavy atom. The second-order valence-corrected chi connectivity index (χ2v) is 6.94. The molecule has 0 saturated heterocycles. The summed E-state index contributed by atoms with van der Waals surface area (Å²) >= 11 is 1.44. The van der Waals surface area contributed by atoms with Crippen LogP contribution in [0.3, 0.4) is 0 Å². The third-order valence-corrected chi connectivity index (χ3v) is 5.25. The molecule has 2 N–H and O–H groups in total. The lowest BCUT2D eigenvalue weighted by atomic mass is 10.2. The minimum absolute atomic E-state index is 0.228. The van der Waals surface area contributed by atoms with E-state index in [1.54, 1.807) is 6.07 Å². The molecule has 1 amide bonds. The topological polar surface area (TPSA) is 79.8 Å². The van der Waals surface area contributed by atoms with Gasteiger partial charge in [-0.1, -0.05) is 0 Å². The zero-order valence-electron chi connectivity index (χ0n) is 13.4. The van der Waals surface area contributed by atoms with Gasteiger partial charge in [-0.15, -0.1) is 11.3 Å². The number of H-pyrrole nitrogens is 1. The summed E-state index contributed by atoms with van der Waals surface area (Å²) < 4.78 is 14.3. The molecule has 0 atom stereocenters. The highest BCUT2D eigenvalue weighted by Crippen LogP contribution is 2.25. The number of fused-ring (bicyclic) bond motifs is 2. The average molecular weight is 356 g/mol. The zero-order valence-corrected chi connectivity index (χ0v) is 14.2. The van der Waals surface area contributed by atoms with E-state index in [0.29, 0.717) is 21.1 Å². The summed E-state index contributed by atoms with van der Waals surface area (Å²) in [5, 5.41) is 1.08. The molecular formula is C17H13FN4O2S. The van der Waals surface area contributed by atoms with E-state index < -0.39 is 5.91 Å². The van der Waals surface area contributed by atoms with Gasteiger partial charge in [0.1, 0.15) is 22.7 Å². The van der Waals surface area contributed by atoms with Crippen LogP contribution in [0, 0.1) is 19.7 Å². The number of benzene rings is 1. The number of halogens is 1. The van der Waals surface area contributed by atoms with E-state index >= 15 is 0 Å². The van der Waals surface area contributed by atoms with Crippen LogP contribution < -0.4 is 11.0 Å². The van der Waals surface area contributed by atoms with Crippen LogP contribution in [0.4, 0.5) is 4.39 Å². The molecule has 3 heterocycles. The van der Waals surface area contributed by atoms with Crippen molar-refractivity contribution in [1.29, 1.82) is 0 Å². The molecule has 1 aromatic carbocycles. The molecule has 0 unspecified atom stereocenters. The average Bonchev–Trinajstić information content (AvgIpc) is 3.11. The van der Waals surface area contributed by atoms with Crippen molar-refractivity contribution >= 4 is 38.4 Å². The van der Waals surface area contributed by atoms with Gasteiger partial charge in [0.15, 0.2) is 0 Å². The second kappa shape index (κ2) is 5.52. The van der Waals surface area contributed by atoms with Crippen molar-refractivity contribution in [2.45, 2.75) is 13.8 Å². The van der Waals surface area contributed by atoms with E-state index in [1.165, 1.54) is 35.9 Å². The van der Waals surface area contributed by atoms with Crippen molar-refractivity contribution in [3.63, 3.8) is 0 Å². The minimum Gasteiger partial charge on any atom is -0.350 e. The molecule has 3 aromatic heterocycles. The number of rotatable bonds is 2. The molecule has 0 aliphatic heterocycles. The highest BCUT2D eigenvalue weighted by Gasteiger charge is 2.15. The number of aryl methyl sites for hydroxylation is 2. The maximum atomic E-state index is 13.3. The predicted octanol–water partition coefficient (Wildman–Crippen LogP) is 3.08. The van der Waals surface area contributed by atoms with Crippen LogP contribution in [0.5, 0.6) is 0 Å². The van der Waals surface area contributed by atoms with Gasteiger partial charge in [0.25, 0.3) is 11.5 Å². The van der Waals surface area contributed by atoms with Gasteiger partial charge in [-0.3, -0.25) is 15.0 Å². The Balaban J connectivity index is 1.72. The van der Waals surface area contributed by atoms with E-state index in [0.717, 1.165) is 15.1 Å². The maximum absolute atomic E-state index is 13.3. The predicted molar refractivity (Wildman–Crippen MR) is 95.3 cm³/mol. The van der Waals surface area contributed by atoms with Crippen LogP contribution in [0.2, 0.25) is 0 Å². The lowest BCUT2D eigenvalue weighted by molar-refractivity contribution is 0.100. The summed E-state index contributed by atoms with van der Waals surface area (Å²) in [5.41, 5.74) is 3.91. The molecule has 0 aliphatic carbocycles. The van der Waals surface area contributed by atoms with Gasteiger partial charge in [0.2, 0.25) is 0 Å². The number of hydrogen-bond acceptors (Lipinski definition) is 4. The highest BCUT2D eigenvalue weighted by atomic mass is 32.1. The molecule has 6 nitrogen and oxygen atoms in total. The summed E-state index contributed by atoms with van der Waals surface area (Å²) in [4.78, 5) is 33.8. The molecule has 25 heavy (non-hydrogen) atoms. The van der Waals surface area contributed by atoms with Gasteiger partial charge in [-0.2, -0.15) is 0 Å². The normalized spacial score (nSPS) is 11.3. The van der Waals surface area contributed by atoms with E-state index in [-0.39, 0.29) is 17.1 Å². The molecular weight excluding hydrogens is 343 g/mol. The molecule has 0 saturated carbocycles. The molecule has 4 rings (SSSR count). The quantitative estimate of drug-likeness (QED) is 0.579. The van der Waals surface area contributed by atoms with Gasteiger partial charge < -0.3 is 4.98 Å². The number of amides is 1. The fourth-order valence-electron chi connectivity index (χ4n) is 2.71. The second-order valence-electron chi connectivity index (χ2n) is 5.74. The Bertz CT molecular complexity index is 1200. The van der Waals surface area contributed by atoms with E-state index in [2.05, 4.69) is 15.4 Å². The Kier molecular flexibility index (Phi) is 3.43. The van der Waals surface area contributed by atoms with Crippen LogP contribution in [-0.2, 0) is 0 Å². The smallest absolute Gasteiger partial charge is 0.286 e. The van der Waals surface area contributed by atoms with Crippen LogP contribution >= 0.6 is 11.3 Å². The lowest BCUT2D eigenvalue weighted by Crippen LogP contribution is -2.33. The summed E-state index contributed by atoms with van der Waals surface area (Å²) in [5.74, 6) is -0.892. The number of carbonyl (C=O) groups is 1. The van der Waals surface area contributed by atoms with Crippen molar-refractivity contribution in [3.05, 3.63) is 62.9 Å². The Hall–Kier alpha value is -3.00. The van der Waals surface area contributed by atoms with Gasteiger partial charge >= 0.3 is 0 Å². The summed E-state index contributed by atoms with van der Waals surface area (Å²) in [7, 11) is 0. The third-order valence-electron chi connectivity index (χ3n) is 4.14. The molecule has 126 valence electrons. The van der Waals surface area contributed by atoms with Crippen molar-refractivity contribution in [1.82, 2.24) is 14.6 Å². The van der Waals surface area contributed by atoms with Crippen LogP contribution in [0.15, 0.2) is 35.4 Å². The molecule has 0 bridgehead atoms. The zero-order chi connectivity index (χ0) is 17.7. The number of carbonyl (C=O) groups excluding carboxylic acids is 1. The standard InChI is InChI=1S/C17H13FN4O2S/c1-8-9(2)25-16-14(8)17(24)22(7-19-16)21-15(23)13-6-10-5-11(18)3-4-12(10)20-13/h3-7,20H,1-2H3,(H,21,23). The SMILES string of the molecule is Cc1sc2ncn(NC(=O)c3cc4cc(F)ccc4[nH]3)c(=O)c2c1C. The monoisotopic (exact) mass is 356 g/mol. The molecule has 0 fully saturated rings. The van der Waals surface area contributed by atoms with Gasteiger partial charge in [0.05, 0.1) is 5.39 Å². The van der Waals surface area contributed by atoms with E-state index in [4.69, 9.17) is 0 Å². The summed E-state index contributed by atoms with van der Waals surface area (Å²) in [6, 6.07) is 5.73. The van der Waals surface area contributed by atoms with Gasteiger partial charge in [0, 0.05) is 15.8 Å². The first-order valence-electron chi connectivity index (χ1n) is 7.51. The van der Waals surface area contributed by atoms with Crippen LogP contribution in [-0.4, -0.2) is 20.6 Å². The first-order valence-corrected chi connectivity index (χ1v) is 8.32. The Morgan fingerprint density at radius 1 is 1.32 bits per heavy atom. The molecule has 8 heteroatoms. The number of nitrogens with zero attached hydrogens (tertiary/aromatic N) is 2. The highest BCUT2D eigenvalue weighted by molar-refractivity contribution is 7.18. The minimum atomic E-state index is -0.510.